The molecule has 1 N–H and O–H groups in total. The van der Waals surface area contributed by atoms with E-state index in [0.29, 0.717) is 13.0 Å². The molecule has 2 aromatic heterocycles. The summed E-state index contributed by atoms with van der Waals surface area (Å²) in [4.78, 5) is 15.5. The number of hydrogen-bond donors (Lipinski definition) is 1. The molecule has 0 spiro atoms. The van der Waals surface area contributed by atoms with Crippen LogP contribution in [-0.4, -0.2) is 15.3 Å². The maximum absolute atomic E-state index is 11.1. The fourth-order valence-electron chi connectivity index (χ4n) is 1.60. The predicted molar refractivity (Wildman–Crippen MR) is 62.1 cm³/mol. The summed E-state index contributed by atoms with van der Waals surface area (Å²) in [5, 5.41) is 2.81. The first kappa shape index (κ1) is 10.7. The van der Waals surface area contributed by atoms with Crippen molar-refractivity contribution in [3.05, 3.63) is 35.8 Å². The van der Waals surface area contributed by atoms with Crippen molar-refractivity contribution in [3.63, 3.8) is 0 Å². The van der Waals surface area contributed by atoms with Crippen molar-refractivity contribution in [2.75, 3.05) is 0 Å². The molecule has 84 valence electrons. The van der Waals surface area contributed by atoms with E-state index >= 15 is 0 Å². The first-order chi connectivity index (χ1) is 7.70. The van der Waals surface area contributed by atoms with Crippen LogP contribution < -0.4 is 5.32 Å². The minimum atomic E-state index is 0.0498. The van der Waals surface area contributed by atoms with Crippen molar-refractivity contribution in [2.45, 2.75) is 26.8 Å². The molecule has 1 amide bonds. The fraction of sp³-hybridized carbons (Fsp3) is 0.333. The Morgan fingerprint density at radius 3 is 3.00 bits per heavy atom. The van der Waals surface area contributed by atoms with E-state index < -0.39 is 0 Å². The van der Waals surface area contributed by atoms with Gasteiger partial charge in [-0.2, -0.15) is 0 Å². The van der Waals surface area contributed by atoms with Crippen LogP contribution in [0.4, 0.5) is 0 Å². The zero-order valence-electron chi connectivity index (χ0n) is 9.53. The van der Waals surface area contributed by atoms with E-state index in [2.05, 4.69) is 10.3 Å². The summed E-state index contributed by atoms with van der Waals surface area (Å²) in [5.74, 6) is 0.0498. The lowest BCUT2D eigenvalue weighted by Crippen LogP contribution is -2.21. The monoisotopic (exact) mass is 217 g/mol. The Morgan fingerprint density at radius 1 is 1.50 bits per heavy atom. The number of hydrogen-bond acceptors (Lipinski definition) is 2. The summed E-state index contributed by atoms with van der Waals surface area (Å²) < 4.78 is 2.02. The number of imidazole rings is 1. The van der Waals surface area contributed by atoms with Crippen LogP contribution in [-0.2, 0) is 11.3 Å². The molecule has 0 atom stereocenters. The molecule has 0 fully saturated rings. The van der Waals surface area contributed by atoms with Gasteiger partial charge in [-0.15, -0.1) is 0 Å². The van der Waals surface area contributed by atoms with E-state index in [1.54, 1.807) is 0 Å². The summed E-state index contributed by atoms with van der Waals surface area (Å²) in [5.41, 5.74) is 2.94. The Kier molecular flexibility index (Phi) is 2.90. The van der Waals surface area contributed by atoms with E-state index in [1.807, 2.05) is 42.6 Å². The average Bonchev–Trinajstić information content (AvgIpc) is 2.70. The van der Waals surface area contributed by atoms with Crippen LogP contribution in [0.15, 0.2) is 24.4 Å². The zero-order valence-corrected chi connectivity index (χ0v) is 9.53. The third-order valence-electron chi connectivity index (χ3n) is 2.53. The number of nitrogens with zero attached hydrogens (tertiary/aromatic N) is 2. The van der Waals surface area contributed by atoms with Crippen LogP contribution in [0.3, 0.4) is 0 Å². The number of aromatic nitrogens is 2. The molecule has 0 aliphatic carbocycles. The zero-order chi connectivity index (χ0) is 11.5. The highest BCUT2D eigenvalue weighted by Gasteiger charge is 2.03. The van der Waals surface area contributed by atoms with E-state index in [9.17, 15) is 4.79 Å². The number of carbonyl (C=O) groups excluding carboxylic acids is 1. The van der Waals surface area contributed by atoms with Gasteiger partial charge in [-0.1, -0.05) is 13.0 Å². The first-order valence-corrected chi connectivity index (χ1v) is 5.41. The quantitative estimate of drug-likeness (QED) is 0.850. The number of amides is 1. The standard InChI is InChI=1S/C12H15N3O/c1-3-12(16)13-7-10-8-15-9(2)5-4-6-11(15)14-10/h4-6,8H,3,7H2,1-2H3,(H,13,16). The summed E-state index contributed by atoms with van der Waals surface area (Å²) in [6.45, 7) is 4.36. The van der Waals surface area contributed by atoms with Gasteiger partial charge in [0.15, 0.2) is 0 Å². The van der Waals surface area contributed by atoms with Crippen LogP contribution in [0.2, 0.25) is 0 Å². The van der Waals surface area contributed by atoms with Gasteiger partial charge in [0.2, 0.25) is 5.91 Å². The molecule has 0 aliphatic rings. The minimum absolute atomic E-state index is 0.0498. The van der Waals surface area contributed by atoms with Crippen molar-refractivity contribution in [2.24, 2.45) is 0 Å². The second kappa shape index (κ2) is 4.35. The Labute approximate surface area is 94.3 Å². The van der Waals surface area contributed by atoms with Crippen molar-refractivity contribution < 1.29 is 4.79 Å². The van der Waals surface area contributed by atoms with Crippen LogP contribution in [0.5, 0.6) is 0 Å². The highest BCUT2D eigenvalue weighted by atomic mass is 16.1. The molecular formula is C12H15N3O. The fourth-order valence-corrected chi connectivity index (χ4v) is 1.60. The highest BCUT2D eigenvalue weighted by Crippen LogP contribution is 2.08. The van der Waals surface area contributed by atoms with Gasteiger partial charge in [0.05, 0.1) is 12.2 Å². The highest BCUT2D eigenvalue weighted by molar-refractivity contribution is 5.75. The largest absolute Gasteiger partial charge is 0.350 e. The molecule has 0 unspecified atom stereocenters. The van der Waals surface area contributed by atoms with E-state index in [-0.39, 0.29) is 5.91 Å². The molecule has 4 heteroatoms. The molecule has 2 heterocycles. The lowest BCUT2D eigenvalue weighted by Gasteiger charge is -1.98. The van der Waals surface area contributed by atoms with E-state index in [0.717, 1.165) is 17.0 Å². The Bertz CT molecular complexity index is 516. The average molecular weight is 217 g/mol. The van der Waals surface area contributed by atoms with Crippen molar-refractivity contribution in [3.8, 4) is 0 Å². The van der Waals surface area contributed by atoms with Gasteiger partial charge >= 0.3 is 0 Å². The normalized spacial score (nSPS) is 10.6. The number of fused-ring (bicyclic) bond motifs is 1. The number of pyridine rings is 1. The van der Waals surface area contributed by atoms with Crippen LogP contribution >= 0.6 is 0 Å². The van der Waals surface area contributed by atoms with E-state index in [4.69, 9.17) is 0 Å². The first-order valence-electron chi connectivity index (χ1n) is 5.41. The van der Waals surface area contributed by atoms with Crippen molar-refractivity contribution >= 4 is 11.6 Å². The van der Waals surface area contributed by atoms with E-state index in [1.165, 1.54) is 0 Å². The summed E-state index contributed by atoms with van der Waals surface area (Å²) in [6, 6.07) is 5.97. The van der Waals surface area contributed by atoms with Crippen molar-refractivity contribution in [1.29, 1.82) is 0 Å². The maximum atomic E-state index is 11.1. The van der Waals surface area contributed by atoms with Gasteiger partial charge in [-0.05, 0) is 19.1 Å². The Morgan fingerprint density at radius 2 is 2.31 bits per heavy atom. The molecule has 16 heavy (non-hydrogen) atoms. The third kappa shape index (κ3) is 2.05. The molecule has 0 saturated heterocycles. The lowest BCUT2D eigenvalue weighted by molar-refractivity contribution is -0.120. The molecule has 0 aliphatic heterocycles. The summed E-state index contributed by atoms with van der Waals surface area (Å²) >= 11 is 0. The summed E-state index contributed by atoms with van der Waals surface area (Å²) in [6.07, 6.45) is 2.47. The van der Waals surface area contributed by atoms with Gasteiger partial charge in [0.1, 0.15) is 5.65 Å². The second-order valence-electron chi connectivity index (χ2n) is 3.76. The smallest absolute Gasteiger partial charge is 0.220 e. The van der Waals surface area contributed by atoms with Gasteiger partial charge in [0, 0.05) is 18.3 Å². The topological polar surface area (TPSA) is 46.4 Å². The van der Waals surface area contributed by atoms with Crippen molar-refractivity contribution in [1.82, 2.24) is 14.7 Å². The third-order valence-corrected chi connectivity index (χ3v) is 2.53. The molecule has 2 rings (SSSR count). The lowest BCUT2D eigenvalue weighted by atomic mass is 10.4. The number of nitrogens with one attached hydrogen (secondary N) is 1. The molecule has 2 aromatic rings. The molecular weight excluding hydrogens is 202 g/mol. The van der Waals surface area contributed by atoms with Gasteiger partial charge in [0.25, 0.3) is 0 Å². The van der Waals surface area contributed by atoms with Crippen LogP contribution in [0.1, 0.15) is 24.7 Å². The molecule has 0 saturated carbocycles. The molecule has 4 nitrogen and oxygen atoms in total. The predicted octanol–water partition coefficient (Wildman–Crippen LogP) is 1.67. The molecule has 0 bridgehead atoms. The Balaban J connectivity index is 2.20. The number of rotatable bonds is 3. The van der Waals surface area contributed by atoms with Crippen LogP contribution in [0.25, 0.3) is 5.65 Å². The molecule has 0 radical (unpaired) electrons. The Hall–Kier alpha value is -1.84. The minimum Gasteiger partial charge on any atom is -0.350 e. The van der Waals surface area contributed by atoms with Gasteiger partial charge in [-0.25, -0.2) is 4.98 Å². The number of aryl methyl sites for hydroxylation is 1. The summed E-state index contributed by atoms with van der Waals surface area (Å²) in [7, 11) is 0. The number of carbonyl (C=O) groups is 1. The maximum Gasteiger partial charge on any atom is 0.220 e. The van der Waals surface area contributed by atoms with Gasteiger partial charge < -0.3 is 9.72 Å². The molecule has 0 aromatic carbocycles. The van der Waals surface area contributed by atoms with Gasteiger partial charge in [-0.3, -0.25) is 4.79 Å². The SMILES string of the molecule is CCC(=O)NCc1cn2c(C)cccc2n1. The van der Waals surface area contributed by atoms with Crippen LogP contribution in [0, 0.1) is 6.92 Å². The second-order valence-corrected chi connectivity index (χ2v) is 3.76.